The number of amides is 3. The van der Waals surface area contributed by atoms with E-state index in [2.05, 4.69) is 20.8 Å². The lowest BCUT2D eigenvalue weighted by Gasteiger charge is -2.13. The summed E-state index contributed by atoms with van der Waals surface area (Å²) in [4.78, 5) is 23.2. The maximum atomic E-state index is 13.2. The number of imide groups is 1. The second-order valence-corrected chi connectivity index (χ2v) is 7.44. The summed E-state index contributed by atoms with van der Waals surface area (Å²) in [6.45, 7) is 0. The Morgan fingerprint density at radius 2 is 1.87 bits per heavy atom. The summed E-state index contributed by atoms with van der Waals surface area (Å²) in [6.07, 6.45) is -4.55. The number of thioether (sulfide) groups is 1. The van der Waals surface area contributed by atoms with Crippen LogP contribution in [0.2, 0.25) is 5.02 Å². The molecule has 0 saturated carbocycles. The highest BCUT2D eigenvalue weighted by Gasteiger charge is 2.31. The number of aromatic nitrogens is 3. The van der Waals surface area contributed by atoms with Gasteiger partial charge < -0.3 is 5.32 Å². The first-order valence-corrected chi connectivity index (χ1v) is 10.1. The van der Waals surface area contributed by atoms with Crippen LogP contribution in [0, 0.1) is 0 Å². The predicted molar refractivity (Wildman–Crippen MR) is 110 cm³/mol. The number of alkyl halides is 3. The van der Waals surface area contributed by atoms with Crippen molar-refractivity contribution in [2.75, 3.05) is 12.8 Å². The fraction of sp³-hybridized carbons (Fsp3) is 0.158. The number of nitrogens with zero attached hydrogens (tertiary/aromatic N) is 3. The SMILES string of the molecule is CNC(=O)NC(=O)CSc1nnc(-c2ccccc2Cl)n1-c1cccc(C(F)(F)F)c1. The normalized spacial score (nSPS) is 11.3. The van der Waals surface area contributed by atoms with Crippen molar-refractivity contribution in [3.05, 3.63) is 59.1 Å². The lowest BCUT2D eigenvalue weighted by molar-refractivity contribution is -0.137. The molecule has 0 unspecified atom stereocenters. The van der Waals surface area contributed by atoms with Gasteiger partial charge in [0.25, 0.3) is 0 Å². The second-order valence-electron chi connectivity index (χ2n) is 6.09. The quantitative estimate of drug-likeness (QED) is 0.548. The number of halogens is 4. The third-order valence-corrected chi connectivity index (χ3v) is 5.25. The summed E-state index contributed by atoms with van der Waals surface area (Å²) in [5.74, 6) is -0.617. The van der Waals surface area contributed by atoms with Gasteiger partial charge in [-0.1, -0.05) is 41.6 Å². The van der Waals surface area contributed by atoms with Crippen LogP contribution in [-0.4, -0.2) is 39.5 Å². The van der Waals surface area contributed by atoms with E-state index in [1.807, 2.05) is 0 Å². The van der Waals surface area contributed by atoms with Crippen LogP contribution >= 0.6 is 23.4 Å². The van der Waals surface area contributed by atoms with Gasteiger partial charge in [-0.05, 0) is 30.3 Å². The summed E-state index contributed by atoms with van der Waals surface area (Å²) in [5, 5.41) is 12.9. The molecule has 0 radical (unpaired) electrons. The van der Waals surface area contributed by atoms with Crippen molar-refractivity contribution < 1.29 is 22.8 Å². The van der Waals surface area contributed by atoms with Gasteiger partial charge in [0.2, 0.25) is 5.91 Å². The molecule has 0 fully saturated rings. The van der Waals surface area contributed by atoms with Crippen molar-refractivity contribution in [3.8, 4) is 17.1 Å². The maximum Gasteiger partial charge on any atom is 0.416 e. The molecule has 3 rings (SSSR count). The van der Waals surface area contributed by atoms with Crippen molar-refractivity contribution in [1.29, 1.82) is 0 Å². The van der Waals surface area contributed by atoms with Crippen LogP contribution in [0.25, 0.3) is 17.1 Å². The molecule has 2 N–H and O–H groups in total. The summed E-state index contributed by atoms with van der Waals surface area (Å²) in [7, 11) is 1.36. The fourth-order valence-corrected chi connectivity index (χ4v) is 3.56. The molecular weight excluding hydrogens is 455 g/mol. The van der Waals surface area contributed by atoms with Crippen LogP contribution < -0.4 is 10.6 Å². The zero-order valence-electron chi connectivity index (χ0n) is 15.9. The van der Waals surface area contributed by atoms with Crippen LogP contribution in [0.15, 0.2) is 53.7 Å². The standard InChI is InChI=1S/C19H15ClF3N5O2S/c1-24-17(30)25-15(29)10-31-18-27-26-16(13-7-2-3-8-14(13)20)28(18)12-6-4-5-11(9-12)19(21,22)23/h2-9H,10H2,1H3,(H2,24,25,29,30). The van der Waals surface area contributed by atoms with Gasteiger partial charge in [-0.3, -0.25) is 14.7 Å². The maximum absolute atomic E-state index is 13.2. The van der Waals surface area contributed by atoms with E-state index in [4.69, 9.17) is 11.6 Å². The Hall–Kier alpha value is -3.05. The van der Waals surface area contributed by atoms with Gasteiger partial charge in [0, 0.05) is 12.6 Å². The molecule has 1 heterocycles. The fourth-order valence-electron chi connectivity index (χ4n) is 2.59. The van der Waals surface area contributed by atoms with Crippen LogP contribution in [-0.2, 0) is 11.0 Å². The number of hydrogen-bond donors (Lipinski definition) is 2. The Morgan fingerprint density at radius 3 is 2.55 bits per heavy atom. The molecule has 0 saturated heterocycles. The highest BCUT2D eigenvalue weighted by Crippen LogP contribution is 2.34. The number of rotatable bonds is 5. The molecule has 162 valence electrons. The molecule has 7 nitrogen and oxygen atoms in total. The van der Waals surface area contributed by atoms with E-state index in [1.165, 1.54) is 23.7 Å². The van der Waals surface area contributed by atoms with Gasteiger partial charge in [0.1, 0.15) is 0 Å². The average Bonchev–Trinajstić information content (AvgIpc) is 3.15. The molecule has 2 aromatic carbocycles. The van der Waals surface area contributed by atoms with Gasteiger partial charge in [-0.15, -0.1) is 10.2 Å². The third kappa shape index (κ3) is 5.36. The predicted octanol–water partition coefficient (Wildman–Crippen LogP) is 4.15. The van der Waals surface area contributed by atoms with E-state index in [1.54, 1.807) is 24.3 Å². The van der Waals surface area contributed by atoms with Crippen molar-refractivity contribution in [3.63, 3.8) is 0 Å². The van der Waals surface area contributed by atoms with Gasteiger partial charge in [-0.25, -0.2) is 4.79 Å². The molecule has 31 heavy (non-hydrogen) atoms. The average molecular weight is 470 g/mol. The van der Waals surface area contributed by atoms with Crippen LogP contribution in [0.3, 0.4) is 0 Å². The minimum absolute atomic E-state index is 0.143. The molecule has 0 aliphatic carbocycles. The molecule has 0 aliphatic rings. The van der Waals surface area contributed by atoms with Crippen molar-refractivity contribution in [1.82, 2.24) is 25.4 Å². The lowest BCUT2D eigenvalue weighted by atomic mass is 10.1. The molecule has 12 heteroatoms. The molecular formula is C19H15ClF3N5O2S. The summed E-state index contributed by atoms with van der Waals surface area (Å²) in [5.41, 5.74) is -0.253. The molecule has 3 aromatic rings. The molecule has 0 aliphatic heterocycles. The van der Waals surface area contributed by atoms with E-state index >= 15 is 0 Å². The lowest BCUT2D eigenvalue weighted by Crippen LogP contribution is -2.38. The van der Waals surface area contributed by atoms with E-state index in [0.29, 0.717) is 10.6 Å². The van der Waals surface area contributed by atoms with Gasteiger partial charge >= 0.3 is 12.2 Å². The first-order valence-electron chi connectivity index (χ1n) is 8.73. The number of carbonyl (C=O) groups excluding carboxylic acids is 2. The Bertz CT molecular complexity index is 1120. The number of benzene rings is 2. The Balaban J connectivity index is 2.04. The smallest absolute Gasteiger partial charge is 0.341 e. The van der Waals surface area contributed by atoms with E-state index in [0.717, 1.165) is 23.9 Å². The largest absolute Gasteiger partial charge is 0.416 e. The van der Waals surface area contributed by atoms with E-state index < -0.39 is 23.7 Å². The molecule has 1 aromatic heterocycles. The molecule has 3 amide bonds. The Morgan fingerprint density at radius 1 is 1.13 bits per heavy atom. The first kappa shape index (κ1) is 22.6. The van der Waals surface area contributed by atoms with Gasteiger partial charge in [-0.2, -0.15) is 13.2 Å². The molecule has 0 bridgehead atoms. The summed E-state index contributed by atoms with van der Waals surface area (Å²) < 4.78 is 41.1. The topological polar surface area (TPSA) is 88.9 Å². The Kier molecular flexibility index (Phi) is 6.86. The zero-order chi connectivity index (χ0) is 22.6. The monoisotopic (exact) mass is 469 g/mol. The van der Waals surface area contributed by atoms with Crippen molar-refractivity contribution in [2.45, 2.75) is 11.3 Å². The minimum atomic E-state index is -4.55. The van der Waals surface area contributed by atoms with E-state index in [-0.39, 0.29) is 22.4 Å². The van der Waals surface area contributed by atoms with Crippen LogP contribution in [0.1, 0.15) is 5.56 Å². The van der Waals surface area contributed by atoms with Gasteiger partial charge in [0.15, 0.2) is 11.0 Å². The Labute approximate surface area is 184 Å². The number of carbonyl (C=O) groups is 2. The van der Waals surface area contributed by atoms with E-state index in [9.17, 15) is 22.8 Å². The third-order valence-electron chi connectivity index (χ3n) is 3.99. The number of urea groups is 1. The number of hydrogen-bond acceptors (Lipinski definition) is 5. The summed E-state index contributed by atoms with van der Waals surface area (Å²) in [6, 6.07) is 10.6. The molecule has 0 spiro atoms. The highest BCUT2D eigenvalue weighted by molar-refractivity contribution is 7.99. The molecule has 0 atom stereocenters. The highest BCUT2D eigenvalue weighted by atomic mass is 35.5. The van der Waals surface area contributed by atoms with Crippen LogP contribution in [0.5, 0.6) is 0 Å². The first-order chi connectivity index (χ1) is 14.7. The number of nitrogens with one attached hydrogen (secondary N) is 2. The van der Waals surface area contributed by atoms with Crippen molar-refractivity contribution in [2.24, 2.45) is 0 Å². The van der Waals surface area contributed by atoms with Crippen LogP contribution in [0.4, 0.5) is 18.0 Å². The van der Waals surface area contributed by atoms with Crippen molar-refractivity contribution >= 4 is 35.3 Å². The van der Waals surface area contributed by atoms with Gasteiger partial charge in [0.05, 0.1) is 22.0 Å². The summed E-state index contributed by atoms with van der Waals surface area (Å²) >= 11 is 7.17. The zero-order valence-corrected chi connectivity index (χ0v) is 17.5. The minimum Gasteiger partial charge on any atom is -0.341 e. The second kappa shape index (κ2) is 9.40.